The average molecular weight is 212 g/mol. The number of carbonyl (C=O) groups excluding carboxylic acids is 1. The molecule has 0 radical (unpaired) electrons. The molecule has 0 fully saturated rings. The van der Waals surface area contributed by atoms with Crippen LogP contribution < -0.4 is 0 Å². The Bertz CT molecular complexity index is 556. The number of methoxy groups -OCH3 is 1. The lowest BCUT2D eigenvalue weighted by Crippen LogP contribution is -2.03. The van der Waals surface area contributed by atoms with Gasteiger partial charge in [0.05, 0.1) is 12.7 Å². The van der Waals surface area contributed by atoms with Gasteiger partial charge in [-0.05, 0) is 28.5 Å². The Morgan fingerprint density at radius 3 is 2.44 bits per heavy atom. The van der Waals surface area contributed by atoms with Crippen LogP contribution in [0, 0.1) is 0 Å². The van der Waals surface area contributed by atoms with E-state index in [1.165, 1.54) is 7.11 Å². The molecule has 0 aliphatic carbocycles. The van der Waals surface area contributed by atoms with Crippen LogP contribution in [0.2, 0.25) is 0 Å². The molecule has 2 aromatic rings. The average Bonchev–Trinajstić information content (AvgIpc) is 2.36. The summed E-state index contributed by atoms with van der Waals surface area (Å²) in [5.41, 5.74) is 1.35. The Balaban J connectivity index is 2.72. The van der Waals surface area contributed by atoms with Crippen molar-refractivity contribution in [1.82, 2.24) is 0 Å². The van der Waals surface area contributed by atoms with Crippen molar-refractivity contribution in [2.75, 3.05) is 7.11 Å². The van der Waals surface area contributed by atoms with E-state index in [1.54, 1.807) is 6.08 Å². The first-order valence-electron chi connectivity index (χ1n) is 5.00. The summed E-state index contributed by atoms with van der Waals surface area (Å²) in [7, 11) is 1.38. The van der Waals surface area contributed by atoms with Crippen molar-refractivity contribution in [2.24, 2.45) is 0 Å². The standard InChI is InChI=1S/C14H12O2/c1-3-10-8-11-6-4-5-7-12(11)9-13(10)14(15)16-2/h3-9H,1H2,2H3. The highest BCUT2D eigenvalue weighted by atomic mass is 16.5. The van der Waals surface area contributed by atoms with Crippen molar-refractivity contribution in [3.8, 4) is 0 Å². The Kier molecular flexibility index (Phi) is 2.73. The highest BCUT2D eigenvalue weighted by Crippen LogP contribution is 2.21. The zero-order valence-electron chi connectivity index (χ0n) is 9.07. The van der Waals surface area contributed by atoms with E-state index in [9.17, 15) is 4.79 Å². The number of fused-ring (bicyclic) bond motifs is 1. The van der Waals surface area contributed by atoms with Gasteiger partial charge >= 0.3 is 5.97 Å². The second kappa shape index (κ2) is 4.19. The van der Waals surface area contributed by atoms with Gasteiger partial charge in [-0.25, -0.2) is 4.79 Å². The SMILES string of the molecule is C=Cc1cc2ccccc2cc1C(=O)OC. The van der Waals surface area contributed by atoms with Gasteiger partial charge in [-0.15, -0.1) is 0 Å². The third-order valence-electron chi connectivity index (χ3n) is 2.54. The molecule has 0 amide bonds. The maximum absolute atomic E-state index is 11.6. The van der Waals surface area contributed by atoms with Crippen LogP contribution >= 0.6 is 0 Å². The molecular weight excluding hydrogens is 200 g/mol. The van der Waals surface area contributed by atoms with Gasteiger partial charge in [0.25, 0.3) is 0 Å². The fourth-order valence-electron chi connectivity index (χ4n) is 1.71. The molecular formula is C14H12O2. The molecule has 0 aliphatic rings. The third-order valence-corrected chi connectivity index (χ3v) is 2.54. The molecule has 0 saturated heterocycles. The molecule has 16 heavy (non-hydrogen) atoms. The molecule has 0 aliphatic heterocycles. The third kappa shape index (κ3) is 1.70. The number of benzene rings is 2. The van der Waals surface area contributed by atoms with E-state index in [-0.39, 0.29) is 5.97 Å². The fourth-order valence-corrected chi connectivity index (χ4v) is 1.71. The van der Waals surface area contributed by atoms with Crippen molar-refractivity contribution in [3.05, 3.63) is 54.1 Å². The van der Waals surface area contributed by atoms with E-state index in [4.69, 9.17) is 4.74 Å². The van der Waals surface area contributed by atoms with Crippen molar-refractivity contribution < 1.29 is 9.53 Å². The van der Waals surface area contributed by atoms with E-state index in [0.717, 1.165) is 16.3 Å². The maximum Gasteiger partial charge on any atom is 0.338 e. The summed E-state index contributed by atoms with van der Waals surface area (Å²) in [6.45, 7) is 3.71. The smallest absolute Gasteiger partial charge is 0.338 e. The molecule has 0 bridgehead atoms. The summed E-state index contributed by atoms with van der Waals surface area (Å²) in [4.78, 5) is 11.6. The molecule has 0 saturated carbocycles. The molecule has 0 unspecified atom stereocenters. The first-order valence-corrected chi connectivity index (χ1v) is 5.00. The number of rotatable bonds is 2. The van der Waals surface area contributed by atoms with Crippen LogP contribution in [-0.2, 0) is 4.74 Å². The number of hydrogen-bond donors (Lipinski definition) is 0. The molecule has 2 rings (SSSR count). The van der Waals surface area contributed by atoms with Gasteiger partial charge in [0.15, 0.2) is 0 Å². The molecule has 0 N–H and O–H groups in total. The van der Waals surface area contributed by atoms with Crippen LogP contribution in [0.15, 0.2) is 43.0 Å². The van der Waals surface area contributed by atoms with E-state index in [2.05, 4.69) is 6.58 Å². The molecule has 0 aromatic heterocycles. The Morgan fingerprint density at radius 1 is 1.25 bits per heavy atom. The Hall–Kier alpha value is -2.09. The molecule has 0 atom stereocenters. The van der Waals surface area contributed by atoms with E-state index in [1.807, 2.05) is 36.4 Å². The van der Waals surface area contributed by atoms with Crippen LogP contribution in [-0.4, -0.2) is 13.1 Å². The van der Waals surface area contributed by atoms with E-state index in [0.29, 0.717) is 5.56 Å². The van der Waals surface area contributed by atoms with Crippen LogP contribution in [0.25, 0.3) is 16.8 Å². The second-order valence-corrected chi connectivity index (χ2v) is 3.48. The van der Waals surface area contributed by atoms with Gasteiger partial charge in [0.2, 0.25) is 0 Å². The second-order valence-electron chi connectivity index (χ2n) is 3.48. The van der Waals surface area contributed by atoms with Crippen LogP contribution in [0.1, 0.15) is 15.9 Å². The summed E-state index contributed by atoms with van der Waals surface area (Å²) in [5.74, 6) is -0.333. The minimum atomic E-state index is -0.333. The van der Waals surface area contributed by atoms with Gasteiger partial charge in [-0.1, -0.05) is 36.9 Å². The maximum atomic E-state index is 11.6. The van der Waals surface area contributed by atoms with Gasteiger partial charge in [0.1, 0.15) is 0 Å². The molecule has 2 heteroatoms. The Morgan fingerprint density at radius 2 is 1.88 bits per heavy atom. The molecule has 0 spiro atoms. The lowest BCUT2D eigenvalue weighted by molar-refractivity contribution is 0.0600. The fraction of sp³-hybridized carbons (Fsp3) is 0.0714. The zero-order chi connectivity index (χ0) is 11.5. The van der Waals surface area contributed by atoms with Crippen LogP contribution in [0.5, 0.6) is 0 Å². The highest BCUT2D eigenvalue weighted by molar-refractivity contribution is 5.99. The quantitative estimate of drug-likeness (QED) is 0.714. The lowest BCUT2D eigenvalue weighted by Gasteiger charge is -2.06. The van der Waals surface area contributed by atoms with E-state index >= 15 is 0 Å². The number of carbonyl (C=O) groups is 1. The summed E-state index contributed by atoms with van der Waals surface area (Å²) < 4.78 is 4.74. The van der Waals surface area contributed by atoms with Gasteiger partial charge < -0.3 is 4.74 Å². The minimum Gasteiger partial charge on any atom is -0.465 e. The van der Waals surface area contributed by atoms with Crippen molar-refractivity contribution >= 4 is 22.8 Å². The van der Waals surface area contributed by atoms with Crippen molar-refractivity contribution in [3.63, 3.8) is 0 Å². The van der Waals surface area contributed by atoms with Crippen LogP contribution in [0.4, 0.5) is 0 Å². The van der Waals surface area contributed by atoms with Crippen LogP contribution in [0.3, 0.4) is 0 Å². The predicted octanol–water partition coefficient (Wildman–Crippen LogP) is 3.27. The summed E-state index contributed by atoms with van der Waals surface area (Å²) in [5, 5.41) is 2.11. The summed E-state index contributed by atoms with van der Waals surface area (Å²) in [6, 6.07) is 11.6. The minimum absolute atomic E-state index is 0.333. The van der Waals surface area contributed by atoms with Gasteiger partial charge in [0, 0.05) is 0 Å². The summed E-state index contributed by atoms with van der Waals surface area (Å²) >= 11 is 0. The zero-order valence-corrected chi connectivity index (χ0v) is 9.07. The van der Waals surface area contributed by atoms with Gasteiger partial charge in [-0.3, -0.25) is 0 Å². The topological polar surface area (TPSA) is 26.3 Å². The lowest BCUT2D eigenvalue weighted by atomic mass is 10.0. The molecule has 2 nitrogen and oxygen atoms in total. The number of ether oxygens (including phenoxy) is 1. The Labute approximate surface area is 94.2 Å². The van der Waals surface area contributed by atoms with E-state index < -0.39 is 0 Å². The predicted molar refractivity (Wildman–Crippen MR) is 65.4 cm³/mol. The highest BCUT2D eigenvalue weighted by Gasteiger charge is 2.10. The summed E-state index contributed by atoms with van der Waals surface area (Å²) in [6.07, 6.45) is 1.67. The molecule has 2 aromatic carbocycles. The van der Waals surface area contributed by atoms with Crippen molar-refractivity contribution in [2.45, 2.75) is 0 Å². The van der Waals surface area contributed by atoms with Crippen molar-refractivity contribution in [1.29, 1.82) is 0 Å². The molecule has 0 heterocycles. The first-order chi connectivity index (χ1) is 7.76. The largest absolute Gasteiger partial charge is 0.465 e. The first kappa shape index (κ1) is 10.4. The molecule has 80 valence electrons. The monoisotopic (exact) mass is 212 g/mol. The number of esters is 1. The van der Waals surface area contributed by atoms with Gasteiger partial charge in [-0.2, -0.15) is 0 Å². The normalized spacial score (nSPS) is 10.1. The number of hydrogen-bond acceptors (Lipinski definition) is 2.